The predicted octanol–water partition coefficient (Wildman–Crippen LogP) is 5.97. The molecular weight excluding hydrogens is 316 g/mol. The zero-order chi connectivity index (χ0) is 17.5. The Morgan fingerprint density at radius 1 is 0.769 bits per heavy atom. The Morgan fingerprint density at radius 3 is 2.50 bits per heavy atom. The van der Waals surface area contributed by atoms with Crippen molar-refractivity contribution in [3.05, 3.63) is 84.1 Å². The maximum Gasteiger partial charge on any atom is 0.145 e. The Balaban J connectivity index is 1.95. The number of rotatable bonds is 0. The lowest BCUT2D eigenvalue weighted by Gasteiger charge is -2.35. The number of nitrogens with zero attached hydrogens (tertiary/aromatic N) is 2. The molecule has 5 aromatic rings. The lowest BCUT2D eigenvalue weighted by Crippen LogP contribution is -2.26. The Bertz CT molecular complexity index is 1360. The van der Waals surface area contributed by atoms with E-state index >= 15 is 0 Å². The quantitative estimate of drug-likeness (QED) is 0.341. The van der Waals surface area contributed by atoms with Crippen LogP contribution in [0, 0.1) is 0 Å². The van der Waals surface area contributed by atoms with Crippen LogP contribution in [0.15, 0.2) is 72.9 Å². The number of para-hydroxylation sites is 1. The molecule has 0 saturated heterocycles. The average Bonchev–Trinajstić information content (AvgIpc) is 3.01. The van der Waals surface area contributed by atoms with Gasteiger partial charge in [0.25, 0.3) is 0 Å². The van der Waals surface area contributed by atoms with Gasteiger partial charge in [0.05, 0.1) is 11.2 Å². The smallest absolute Gasteiger partial charge is 0.145 e. The van der Waals surface area contributed by atoms with Crippen molar-refractivity contribution in [1.29, 1.82) is 0 Å². The van der Waals surface area contributed by atoms with Crippen LogP contribution >= 0.6 is 0 Å². The summed E-state index contributed by atoms with van der Waals surface area (Å²) >= 11 is 0. The van der Waals surface area contributed by atoms with Crippen molar-refractivity contribution in [2.24, 2.45) is 0 Å². The number of fused-ring (bicyclic) bond motifs is 7. The zero-order valence-corrected chi connectivity index (χ0v) is 14.8. The lowest BCUT2D eigenvalue weighted by atomic mass is 9.73. The van der Waals surface area contributed by atoms with Gasteiger partial charge >= 0.3 is 0 Å². The van der Waals surface area contributed by atoms with Gasteiger partial charge in [0.2, 0.25) is 0 Å². The highest BCUT2D eigenvalue weighted by Gasteiger charge is 2.36. The molecule has 0 bridgehead atoms. The molecule has 0 amide bonds. The van der Waals surface area contributed by atoms with Crippen molar-refractivity contribution >= 4 is 32.7 Å². The van der Waals surface area contributed by atoms with E-state index in [0.29, 0.717) is 0 Å². The van der Waals surface area contributed by atoms with Crippen LogP contribution in [0.5, 0.6) is 0 Å². The summed E-state index contributed by atoms with van der Waals surface area (Å²) in [5.41, 5.74) is 6.29. The van der Waals surface area contributed by atoms with Gasteiger partial charge in [-0.3, -0.25) is 4.57 Å². The molecule has 0 fully saturated rings. The third-order valence-electron chi connectivity index (χ3n) is 5.99. The molecule has 0 saturated carbocycles. The van der Waals surface area contributed by atoms with E-state index in [1.807, 2.05) is 12.3 Å². The van der Waals surface area contributed by atoms with Gasteiger partial charge in [-0.15, -0.1) is 0 Å². The molecule has 0 N–H and O–H groups in total. The van der Waals surface area contributed by atoms with Gasteiger partial charge in [0.15, 0.2) is 0 Å². The van der Waals surface area contributed by atoms with Crippen LogP contribution in [0.3, 0.4) is 0 Å². The first-order valence-electron chi connectivity index (χ1n) is 9.09. The third-order valence-corrected chi connectivity index (χ3v) is 5.99. The second kappa shape index (κ2) is 4.53. The molecule has 2 heteroatoms. The number of pyridine rings is 1. The molecule has 2 nitrogen and oxygen atoms in total. The summed E-state index contributed by atoms with van der Waals surface area (Å²) in [6, 6.07) is 24.1. The highest BCUT2D eigenvalue weighted by Crippen LogP contribution is 2.49. The van der Waals surface area contributed by atoms with Crippen molar-refractivity contribution < 1.29 is 0 Å². The summed E-state index contributed by atoms with van der Waals surface area (Å²) in [6.45, 7) is 4.70. The minimum Gasteiger partial charge on any atom is -0.293 e. The Kier molecular flexibility index (Phi) is 2.45. The first-order valence-corrected chi connectivity index (χ1v) is 9.09. The van der Waals surface area contributed by atoms with Gasteiger partial charge < -0.3 is 0 Å². The van der Waals surface area contributed by atoms with E-state index in [1.165, 1.54) is 43.9 Å². The lowest BCUT2D eigenvalue weighted by molar-refractivity contribution is 0.636. The van der Waals surface area contributed by atoms with Crippen LogP contribution in [-0.2, 0) is 5.41 Å². The first-order chi connectivity index (χ1) is 12.7. The topological polar surface area (TPSA) is 17.8 Å². The number of benzene rings is 3. The molecule has 124 valence electrons. The average molecular weight is 334 g/mol. The van der Waals surface area contributed by atoms with E-state index < -0.39 is 0 Å². The van der Waals surface area contributed by atoms with Crippen LogP contribution < -0.4 is 0 Å². The number of hydrogen-bond acceptors (Lipinski definition) is 1. The largest absolute Gasteiger partial charge is 0.293 e. The van der Waals surface area contributed by atoms with Crippen molar-refractivity contribution in [3.8, 4) is 5.69 Å². The van der Waals surface area contributed by atoms with E-state index in [2.05, 4.69) is 79.1 Å². The second-order valence-corrected chi connectivity index (χ2v) is 7.72. The molecule has 26 heavy (non-hydrogen) atoms. The molecule has 3 aromatic carbocycles. The van der Waals surface area contributed by atoms with E-state index in [4.69, 9.17) is 4.98 Å². The second-order valence-electron chi connectivity index (χ2n) is 7.72. The Hall–Kier alpha value is -3.13. The van der Waals surface area contributed by atoms with E-state index in [0.717, 1.165) is 5.65 Å². The minimum absolute atomic E-state index is 0.0694. The Morgan fingerprint density at radius 2 is 1.58 bits per heavy atom. The van der Waals surface area contributed by atoms with E-state index in [1.54, 1.807) is 0 Å². The minimum atomic E-state index is -0.0694. The molecule has 0 radical (unpaired) electrons. The molecule has 1 aliphatic rings. The standard InChI is InChI=1S/C24H18N2/c1-24(2)19-11-5-9-17-18-10-6-14-25-23(18)26(22(17)19)20-13-12-15-7-3-4-8-16(15)21(20)24/h3-14H,1-2H3. The van der Waals surface area contributed by atoms with Crippen LogP contribution in [0.2, 0.25) is 0 Å². The molecule has 0 unspecified atom stereocenters. The fourth-order valence-corrected chi connectivity index (χ4v) is 4.87. The molecule has 0 aliphatic carbocycles. The fourth-order valence-electron chi connectivity index (χ4n) is 4.87. The highest BCUT2D eigenvalue weighted by atomic mass is 15.1. The van der Waals surface area contributed by atoms with Gasteiger partial charge in [0.1, 0.15) is 5.65 Å². The molecule has 6 rings (SSSR count). The SMILES string of the molecule is CC1(C)c2c(ccc3ccccc23)-n2c3ncccc3c3cccc1c32. The summed E-state index contributed by atoms with van der Waals surface area (Å²) in [5.74, 6) is 0. The van der Waals surface area contributed by atoms with Crippen molar-refractivity contribution in [3.63, 3.8) is 0 Å². The van der Waals surface area contributed by atoms with Crippen molar-refractivity contribution in [1.82, 2.24) is 9.55 Å². The normalized spacial score (nSPS) is 14.8. The molecule has 0 atom stereocenters. The monoisotopic (exact) mass is 334 g/mol. The van der Waals surface area contributed by atoms with Crippen LogP contribution in [-0.4, -0.2) is 9.55 Å². The van der Waals surface area contributed by atoms with Crippen LogP contribution in [0.25, 0.3) is 38.4 Å². The fraction of sp³-hybridized carbons (Fsp3) is 0.125. The van der Waals surface area contributed by atoms with Crippen LogP contribution in [0.1, 0.15) is 25.0 Å². The maximum atomic E-state index is 4.75. The summed E-state index contributed by atoms with van der Waals surface area (Å²) < 4.78 is 2.37. The zero-order valence-electron chi connectivity index (χ0n) is 14.8. The molecule has 1 aliphatic heterocycles. The van der Waals surface area contributed by atoms with Gasteiger partial charge in [-0.05, 0) is 40.1 Å². The summed E-state index contributed by atoms with van der Waals surface area (Å²) in [7, 11) is 0. The summed E-state index contributed by atoms with van der Waals surface area (Å²) in [5, 5.41) is 5.13. The van der Waals surface area contributed by atoms with E-state index in [-0.39, 0.29) is 5.41 Å². The van der Waals surface area contributed by atoms with Gasteiger partial charge in [-0.1, -0.05) is 62.4 Å². The van der Waals surface area contributed by atoms with Crippen LogP contribution in [0.4, 0.5) is 0 Å². The number of hydrogen-bond donors (Lipinski definition) is 0. The van der Waals surface area contributed by atoms with Gasteiger partial charge in [-0.25, -0.2) is 4.98 Å². The third kappa shape index (κ3) is 1.51. The number of aromatic nitrogens is 2. The van der Waals surface area contributed by atoms with Crippen molar-refractivity contribution in [2.75, 3.05) is 0 Å². The summed E-state index contributed by atoms with van der Waals surface area (Å²) in [4.78, 5) is 4.75. The predicted molar refractivity (Wildman–Crippen MR) is 108 cm³/mol. The van der Waals surface area contributed by atoms with Gasteiger partial charge in [-0.2, -0.15) is 0 Å². The first kappa shape index (κ1) is 14.1. The molecule has 3 heterocycles. The van der Waals surface area contributed by atoms with E-state index in [9.17, 15) is 0 Å². The molecule has 2 aromatic heterocycles. The maximum absolute atomic E-state index is 4.75. The highest BCUT2D eigenvalue weighted by molar-refractivity contribution is 6.11. The van der Waals surface area contributed by atoms with Gasteiger partial charge in [0, 0.05) is 22.4 Å². The molecule has 0 spiro atoms. The summed E-state index contributed by atoms with van der Waals surface area (Å²) in [6.07, 6.45) is 1.89. The Labute approximate surface area is 151 Å². The molecular formula is C24H18N2. The van der Waals surface area contributed by atoms with Crippen molar-refractivity contribution in [2.45, 2.75) is 19.3 Å².